The summed E-state index contributed by atoms with van der Waals surface area (Å²) in [6.07, 6.45) is 0. The zero-order valence-electron chi connectivity index (χ0n) is 17.4. The normalized spacial score (nSPS) is 11.0. The van der Waals surface area contributed by atoms with Crippen molar-refractivity contribution in [3.8, 4) is 0 Å². The van der Waals surface area contributed by atoms with Gasteiger partial charge in [-0.2, -0.15) is 0 Å². The van der Waals surface area contributed by atoms with E-state index in [1.807, 2.05) is 27.7 Å². The van der Waals surface area contributed by atoms with Gasteiger partial charge < -0.3 is 15.5 Å². The van der Waals surface area contributed by atoms with Gasteiger partial charge in [-0.1, -0.05) is 23.2 Å². The second-order valence-corrected chi connectivity index (χ2v) is 8.68. The van der Waals surface area contributed by atoms with E-state index in [1.165, 1.54) is 17.0 Å². The number of halogens is 2. The Hall–Kier alpha value is -2.57. The first-order chi connectivity index (χ1) is 14.0. The predicted molar refractivity (Wildman–Crippen MR) is 120 cm³/mol. The quantitative estimate of drug-likeness (QED) is 0.674. The maximum absolute atomic E-state index is 12.7. The van der Waals surface area contributed by atoms with Gasteiger partial charge in [-0.15, -0.1) is 0 Å². The van der Waals surface area contributed by atoms with E-state index in [2.05, 4.69) is 10.6 Å². The summed E-state index contributed by atoms with van der Waals surface area (Å²) in [5.41, 5.74) is 0.895. The molecule has 0 heterocycles. The van der Waals surface area contributed by atoms with Crippen LogP contribution >= 0.6 is 23.2 Å². The highest BCUT2D eigenvalue weighted by Gasteiger charge is 2.20. The minimum Gasteiger partial charge on any atom is -0.350 e. The van der Waals surface area contributed by atoms with Gasteiger partial charge in [-0.3, -0.25) is 14.4 Å². The molecule has 30 heavy (non-hydrogen) atoms. The van der Waals surface area contributed by atoms with Crippen molar-refractivity contribution in [1.29, 1.82) is 0 Å². The van der Waals surface area contributed by atoms with E-state index >= 15 is 0 Å². The summed E-state index contributed by atoms with van der Waals surface area (Å²) in [6.45, 7) is 7.83. The summed E-state index contributed by atoms with van der Waals surface area (Å²) >= 11 is 11.9. The lowest BCUT2D eigenvalue weighted by Crippen LogP contribution is -2.47. The van der Waals surface area contributed by atoms with E-state index in [-0.39, 0.29) is 29.8 Å². The van der Waals surface area contributed by atoms with Crippen molar-refractivity contribution in [2.45, 2.75) is 33.2 Å². The van der Waals surface area contributed by atoms with Crippen LogP contribution in [0.3, 0.4) is 0 Å². The summed E-state index contributed by atoms with van der Waals surface area (Å²) in [6, 6.07) is 11.0. The number of nitrogens with zero attached hydrogens (tertiary/aromatic N) is 1. The maximum Gasteiger partial charge on any atom is 0.255 e. The Morgan fingerprint density at radius 1 is 0.933 bits per heavy atom. The molecule has 0 fully saturated rings. The molecule has 0 atom stereocenters. The fourth-order valence-electron chi connectivity index (χ4n) is 2.73. The monoisotopic (exact) mass is 449 g/mol. The number of anilines is 1. The van der Waals surface area contributed by atoms with Gasteiger partial charge in [0.2, 0.25) is 5.91 Å². The Morgan fingerprint density at radius 2 is 1.50 bits per heavy atom. The molecule has 0 spiro atoms. The third kappa shape index (κ3) is 7.04. The molecule has 0 saturated carbocycles. The molecule has 6 nitrogen and oxygen atoms in total. The molecule has 0 unspecified atom stereocenters. The van der Waals surface area contributed by atoms with Crippen molar-refractivity contribution in [3.63, 3.8) is 0 Å². The zero-order valence-corrected chi connectivity index (χ0v) is 18.9. The number of carbonyl (C=O) groups excluding carboxylic acids is 3. The molecular formula is C22H25Cl2N3O3. The number of hydrogen-bond acceptors (Lipinski definition) is 3. The minimum absolute atomic E-state index is 0.0272. The second-order valence-electron chi connectivity index (χ2n) is 7.81. The van der Waals surface area contributed by atoms with Crippen LogP contribution in [0.25, 0.3) is 0 Å². The van der Waals surface area contributed by atoms with Crippen LogP contribution in [-0.2, 0) is 4.79 Å². The topological polar surface area (TPSA) is 78.5 Å². The molecule has 0 aromatic heterocycles. The average molecular weight is 450 g/mol. The van der Waals surface area contributed by atoms with Crippen LogP contribution in [0.2, 0.25) is 10.0 Å². The van der Waals surface area contributed by atoms with Crippen LogP contribution in [-0.4, -0.2) is 41.2 Å². The molecule has 3 amide bonds. The molecule has 2 rings (SSSR count). The number of carbonyl (C=O) groups is 3. The maximum atomic E-state index is 12.7. The predicted octanol–water partition coefficient (Wildman–Crippen LogP) is 4.62. The highest BCUT2D eigenvalue weighted by molar-refractivity contribution is 6.35. The first kappa shape index (κ1) is 23.7. The van der Waals surface area contributed by atoms with E-state index < -0.39 is 0 Å². The van der Waals surface area contributed by atoms with E-state index in [9.17, 15) is 14.4 Å². The minimum atomic E-state index is -0.368. The Balaban J connectivity index is 2.05. The summed E-state index contributed by atoms with van der Waals surface area (Å²) in [5.74, 6) is -0.852. The summed E-state index contributed by atoms with van der Waals surface area (Å²) < 4.78 is 0. The van der Waals surface area contributed by atoms with Crippen LogP contribution < -0.4 is 10.6 Å². The first-order valence-electron chi connectivity index (χ1n) is 9.46. The van der Waals surface area contributed by atoms with E-state index in [4.69, 9.17) is 23.2 Å². The fourth-order valence-corrected chi connectivity index (χ4v) is 3.25. The molecule has 160 valence electrons. The number of benzene rings is 2. The molecule has 0 saturated heterocycles. The lowest BCUT2D eigenvalue weighted by atomic mass is 10.1. The number of rotatable bonds is 6. The van der Waals surface area contributed by atoms with Gasteiger partial charge in [0.25, 0.3) is 11.8 Å². The van der Waals surface area contributed by atoms with Gasteiger partial charge in [-0.05, 0) is 70.2 Å². The van der Waals surface area contributed by atoms with Crippen molar-refractivity contribution in [3.05, 3.63) is 63.6 Å². The van der Waals surface area contributed by atoms with Crippen LogP contribution in [0.4, 0.5) is 5.69 Å². The second kappa shape index (κ2) is 9.96. The molecule has 0 aliphatic carbocycles. The molecule has 2 aromatic rings. The van der Waals surface area contributed by atoms with E-state index in [0.29, 0.717) is 33.4 Å². The van der Waals surface area contributed by atoms with Crippen molar-refractivity contribution < 1.29 is 14.4 Å². The van der Waals surface area contributed by atoms with Crippen LogP contribution in [0.1, 0.15) is 48.4 Å². The van der Waals surface area contributed by atoms with Crippen LogP contribution in [0.15, 0.2) is 42.5 Å². The standard InChI is InChI=1S/C22H25Cl2N3O3/c1-5-27(13-19(28)26-22(2,3)4)21(30)14-6-8-18(9-7-14)25-20(29)15-10-16(23)12-17(24)11-15/h6-12H,5,13H2,1-4H3,(H,25,29)(H,26,28). The summed E-state index contributed by atoms with van der Waals surface area (Å²) in [4.78, 5) is 38.7. The molecular weight excluding hydrogens is 425 g/mol. The highest BCUT2D eigenvalue weighted by atomic mass is 35.5. The van der Waals surface area contributed by atoms with Gasteiger partial charge in [0, 0.05) is 38.9 Å². The van der Waals surface area contributed by atoms with Crippen molar-refractivity contribution in [2.24, 2.45) is 0 Å². The van der Waals surface area contributed by atoms with Crippen molar-refractivity contribution in [1.82, 2.24) is 10.2 Å². The highest BCUT2D eigenvalue weighted by Crippen LogP contribution is 2.20. The Morgan fingerprint density at radius 3 is 2.00 bits per heavy atom. The molecule has 0 bridgehead atoms. The molecule has 0 radical (unpaired) electrons. The average Bonchev–Trinajstić information content (AvgIpc) is 2.64. The van der Waals surface area contributed by atoms with Gasteiger partial charge in [-0.25, -0.2) is 0 Å². The lowest BCUT2D eigenvalue weighted by Gasteiger charge is -2.25. The van der Waals surface area contributed by atoms with Crippen molar-refractivity contribution in [2.75, 3.05) is 18.4 Å². The lowest BCUT2D eigenvalue weighted by molar-refractivity contribution is -0.123. The molecule has 0 aliphatic rings. The van der Waals surface area contributed by atoms with Crippen LogP contribution in [0, 0.1) is 0 Å². The van der Waals surface area contributed by atoms with Crippen LogP contribution in [0.5, 0.6) is 0 Å². The van der Waals surface area contributed by atoms with Gasteiger partial charge in [0.1, 0.15) is 0 Å². The third-order valence-electron chi connectivity index (χ3n) is 4.03. The number of likely N-dealkylation sites (N-methyl/N-ethyl adjacent to an activating group) is 1. The smallest absolute Gasteiger partial charge is 0.255 e. The number of nitrogens with one attached hydrogen (secondary N) is 2. The Bertz CT molecular complexity index is 917. The number of amides is 3. The van der Waals surface area contributed by atoms with E-state index in [0.717, 1.165) is 0 Å². The first-order valence-corrected chi connectivity index (χ1v) is 10.2. The Kier molecular flexibility index (Phi) is 7.87. The SMILES string of the molecule is CCN(CC(=O)NC(C)(C)C)C(=O)c1ccc(NC(=O)c2cc(Cl)cc(Cl)c2)cc1. The van der Waals surface area contributed by atoms with E-state index in [1.54, 1.807) is 30.3 Å². The molecule has 2 N–H and O–H groups in total. The zero-order chi connectivity index (χ0) is 22.5. The molecule has 2 aromatic carbocycles. The number of hydrogen-bond donors (Lipinski definition) is 2. The largest absolute Gasteiger partial charge is 0.350 e. The van der Waals surface area contributed by atoms with Gasteiger partial charge in [0.05, 0.1) is 6.54 Å². The van der Waals surface area contributed by atoms with Crippen molar-refractivity contribution >= 4 is 46.6 Å². The van der Waals surface area contributed by atoms with Gasteiger partial charge >= 0.3 is 0 Å². The molecule has 0 aliphatic heterocycles. The molecule has 8 heteroatoms. The fraction of sp³-hybridized carbons (Fsp3) is 0.318. The Labute approximate surface area is 186 Å². The van der Waals surface area contributed by atoms with Gasteiger partial charge in [0.15, 0.2) is 0 Å². The third-order valence-corrected chi connectivity index (χ3v) is 4.47. The summed E-state index contributed by atoms with van der Waals surface area (Å²) in [5, 5.41) is 6.31. The summed E-state index contributed by atoms with van der Waals surface area (Å²) in [7, 11) is 0.